The zero-order chi connectivity index (χ0) is 20.5. The quantitative estimate of drug-likeness (QED) is 0.360. The molecule has 1 heterocycles. The summed E-state index contributed by atoms with van der Waals surface area (Å²) in [7, 11) is 0. The third-order valence-electron chi connectivity index (χ3n) is 5.41. The standard InChI is InChI=1S/C19H32O8/c1-9(26-18-17(25)16(24)15(23)13(8-20)27-18)5-6-11-10(2)14(22)12(21)7-19(11,3)4/h5-6,9,12-18,20-25H,7-8H2,1-4H3/b6-5-/t9-,12+,13-,14-,15-,16+,17-,18-/m1/s1. The maximum atomic E-state index is 10.1. The van der Waals surface area contributed by atoms with Gasteiger partial charge in [0.2, 0.25) is 0 Å². The Morgan fingerprint density at radius 2 is 1.78 bits per heavy atom. The molecule has 0 bridgehead atoms. The minimum atomic E-state index is -1.49. The second-order valence-electron chi connectivity index (χ2n) is 8.09. The first-order chi connectivity index (χ1) is 12.5. The van der Waals surface area contributed by atoms with Crippen LogP contribution in [0.4, 0.5) is 0 Å². The largest absolute Gasteiger partial charge is 0.394 e. The molecular formula is C19H32O8. The highest BCUT2D eigenvalue weighted by molar-refractivity contribution is 5.36. The topological polar surface area (TPSA) is 140 Å². The van der Waals surface area contributed by atoms with E-state index in [0.29, 0.717) is 12.0 Å². The lowest BCUT2D eigenvalue weighted by Crippen LogP contribution is -2.59. The molecule has 6 N–H and O–H groups in total. The van der Waals surface area contributed by atoms with Crippen molar-refractivity contribution >= 4 is 0 Å². The van der Waals surface area contributed by atoms with Crippen molar-refractivity contribution in [3.8, 4) is 0 Å². The summed E-state index contributed by atoms with van der Waals surface area (Å²) in [5, 5.41) is 59.0. The first-order valence-electron chi connectivity index (χ1n) is 9.21. The molecule has 1 saturated heterocycles. The van der Waals surface area contributed by atoms with Crippen LogP contribution in [-0.4, -0.2) is 86.3 Å². The molecule has 0 saturated carbocycles. The first kappa shape index (κ1) is 22.4. The lowest BCUT2D eigenvalue weighted by Gasteiger charge is -2.40. The van der Waals surface area contributed by atoms with Gasteiger partial charge in [-0.05, 0) is 36.8 Å². The van der Waals surface area contributed by atoms with Gasteiger partial charge < -0.3 is 40.1 Å². The van der Waals surface area contributed by atoms with Crippen LogP contribution >= 0.6 is 0 Å². The van der Waals surface area contributed by atoms with Crippen LogP contribution in [0.5, 0.6) is 0 Å². The second-order valence-corrected chi connectivity index (χ2v) is 8.09. The Hall–Kier alpha value is -0.840. The Kier molecular flexibility index (Phi) is 7.21. The van der Waals surface area contributed by atoms with Gasteiger partial charge in [-0.15, -0.1) is 0 Å². The molecule has 0 aromatic heterocycles. The van der Waals surface area contributed by atoms with E-state index in [1.54, 1.807) is 19.9 Å². The SMILES string of the molecule is CC1=C(/C=C\[C@@H](C)O[C@@H]2O[C@H](CO)[C@@H](O)[C@H](O)[C@H]2O)C(C)(C)C[C@H](O)[C@@H]1O. The second kappa shape index (κ2) is 8.67. The molecule has 8 heteroatoms. The molecule has 0 radical (unpaired) electrons. The molecule has 0 amide bonds. The van der Waals surface area contributed by atoms with Crippen molar-refractivity contribution in [1.29, 1.82) is 0 Å². The van der Waals surface area contributed by atoms with E-state index in [2.05, 4.69) is 0 Å². The molecule has 27 heavy (non-hydrogen) atoms. The fourth-order valence-corrected chi connectivity index (χ4v) is 3.75. The average molecular weight is 388 g/mol. The molecule has 2 aliphatic rings. The number of ether oxygens (including phenoxy) is 2. The number of hydrogen-bond acceptors (Lipinski definition) is 8. The summed E-state index contributed by atoms with van der Waals surface area (Å²) in [6, 6.07) is 0. The Bertz CT molecular complexity index is 570. The Morgan fingerprint density at radius 1 is 1.15 bits per heavy atom. The number of allylic oxidation sites excluding steroid dienone is 2. The molecule has 0 aromatic rings. The van der Waals surface area contributed by atoms with Gasteiger partial charge in [-0.2, -0.15) is 0 Å². The van der Waals surface area contributed by atoms with Crippen molar-refractivity contribution in [2.45, 2.75) is 83.1 Å². The summed E-state index contributed by atoms with van der Waals surface area (Å²) in [6.07, 6.45) is -4.88. The molecule has 1 fully saturated rings. The van der Waals surface area contributed by atoms with Crippen LogP contribution in [0.15, 0.2) is 23.3 Å². The van der Waals surface area contributed by atoms with Gasteiger partial charge in [0.15, 0.2) is 6.29 Å². The van der Waals surface area contributed by atoms with Gasteiger partial charge >= 0.3 is 0 Å². The van der Waals surface area contributed by atoms with Crippen LogP contribution < -0.4 is 0 Å². The highest BCUT2D eigenvalue weighted by Crippen LogP contribution is 2.41. The number of aliphatic hydroxyl groups excluding tert-OH is 6. The molecule has 0 unspecified atom stereocenters. The van der Waals surface area contributed by atoms with Gasteiger partial charge in [0.05, 0.1) is 18.8 Å². The van der Waals surface area contributed by atoms with E-state index in [-0.39, 0.29) is 5.41 Å². The van der Waals surface area contributed by atoms with Gasteiger partial charge in [0.25, 0.3) is 0 Å². The molecule has 156 valence electrons. The summed E-state index contributed by atoms with van der Waals surface area (Å²) >= 11 is 0. The minimum absolute atomic E-state index is 0.331. The maximum Gasteiger partial charge on any atom is 0.187 e. The van der Waals surface area contributed by atoms with Crippen LogP contribution in [0.2, 0.25) is 0 Å². The number of hydrogen-bond donors (Lipinski definition) is 6. The molecule has 1 aliphatic heterocycles. The molecule has 8 nitrogen and oxygen atoms in total. The molecule has 0 spiro atoms. The van der Waals surface area contributed by atoms with Crippen molar-refractivity contribution in [3.05, 3.63) is 23.3 Å². The lowest BCUT2D eigenvalue weighted by molar-refractivity contribution is -0.306. The third-order valence-corrected chi connectivity index (χ3v) is 5.41. The third kappa shape index (κ3) is 4.78. The smallest absolute Gasteiger partial charge is 0.187 e. The van der Waals surface area contributed by atoms with Gasteiger partial charge in [-0.1, -0.05) is 26.0 Å². The lowest BCUT2D eigenvalue weighted by atomic mass is 9.70. The van der Waals surface area contributed by atoms with E-state index in [1.165, 1.54) is 0 Å². The summed E-state index contributed by atoms with van der Waals surface area (Å²) in [6.45, 7) is 6.94. The highest BCUT2D eigenvalue weighted by atomic mass is 16.7. The summed E-state index contributed by atoms with van der Waals surface area (Å²) in [5.74, 6) is 0. The van der Waals surface area contributed by atoms with Crippen LogP contribution in [0.1, 0.15) is 34.1 Å². The first-order valence-corrected chi connectivity index (χ1v) is 9.21. The zero-order valence-electron chi connectivity index (χ0n) is 16.2. The van der Waals surface area contributed by atoms with Crippen LogP contribution in [0, 0.1) is 5.41 Å². The molecule has 8 atom stereocenters. The number of aliphatic hydroxyl groups is 6. The minimum Gasteiger partial charge on any atom is -0.394 e. The van der Waals surface area contributed by atoms with E-state index in [4.69, 9.17) is 9.47 Å². The Balaban J connectivity index is 2.09. The van der Waals surface area contributed by atoms with Crippen molar-refractivity contribution in [2.24, 2.45) is 5.41 Å². The van der Waals surface area contributed by atoms with Crippen molar-refractivity contribution in [2.75, 3.05) is 6.61 Å². The zero-order valence-corrected chi connectivity index (χ0v) is 16.2. The normalized spacial score (nSPS) is 41.2. The molecule has 2 rings (SSSR count). The fourth-order valence-electron chi connectivity index (χ4n) is 3.75. The summed E-state index contributed by atoms with van der Waals surface area (Å²) in [4.78, 5) is 0. The fraction of sp³-hybridized carbons (Fsp3) is 0.789. The van der Waals surface area contributed by atoms with Crippen molar-refractivity contribution in [3.63, 3.8) is 0 Å². The average Bonchev–Trinajstić information content (AvgIpc) is 2.59. The molecular weight excluding hydrogens is 356 g/mol. The summed E-state index contributed by atoms with van der Waals surface area (Å²) < 4.78 is 11.0. The van der Waals surface area contributed by atoms with Gasteiger partial charge in [-0.25, -0.2) is 0 Å². The Labute approximate surface area is 159 Å². The van der Waals surface area contributed by atoms with Gasteiger partial charge in [-0.3, -0.25) is 0 Å². The predicted octanol–water partition coefficient (Wildman–Crippen LogP) is -0.784. The highest BCUT2D eigenvalue weighted by Gasteiger charge is 2.44. The molecule has 1 aliphatic carbocycles. The maximum absolute atomic E-state index is 10.1. The van der Waals surface area contributed by atoms with E-state index in [9.17, 15) is 30.6 Å². The number of rotatable bonds is 5. The Morgan fingerprint density at radius 3 is 2.37 bits per heavy atom. The van der Waals surface area contributed by atoms with E-state index in [1.807, 2.05) is 19.9 Å². The van der Waals surface area contributed by atoms with Gasteiger partial charge in [0, 0.05) is 0 Å². The predicted molar refractivity (Wildman–Crippen MR) is 96.6 cm³/mol. The van der Waals surface area contributed by atoms with Crippen LogP contribution in [-0.2, 0) is 9.47 Å². The van der Waals surface area contributed by atoms with Crippen molar-refractivity contribution < 1.29 is 40.1 Å². The van der Waals surface area contributed by atoms with Gasteiger partial charge in [0.1, 0.15) is 30.5 Å². The van der Waals surface area contributed by atoms with E-state index in [0.717, 1.165) is 5.57 Å². The molecule has 0 aromatic carbocycles. The van der Waals surface area contributed by atoms with E-state index >= 15 is 0 Å². The summed E-state index contributed by atoms with van der Waals surface area (Å²) in [5.41, 5.74) is 1.25. The van der Waals surface area contributed by atoms with Crippen LogP contribution in [0.25, 0.3) is 0 Å². The van der Waals surface area contributed by atoms with E-state index < -0.39 is 55.6 Å². The van der Waals surface area contributed by atoms with Crippen LogP contribution in [0.3, 0.4) is 0 Å². The monoisotopic (exact) mass is 388 g/mol. The van der Waals surface area contributed by atoms with Crippen molar-refractivity contribution in [1.82, 2.24) is 0 Å².